The first-order chi connectivity index (χ1) is 9.64. The second kappa shape index (κ2) is 5.68. The molecule has 1 aromatic carbocycles. The Balaban J connectivity index is 2.44. The van der Waals surface area contributed by atoms with Crippen LogP contribution < -0.4 is 4.90 Å². The van der Waals surface area contributed by atoms with Gasteiger partial charge in [-0.15, -0.1) is 11.6 Å². The SMILES string of the molecule is CC1CCN(c2ccccc2S(=O)(=O)C(F)(F)F)CC1Cl. The molecule has 0 spiro atoms. The molecule has 2 unspecified atom stereocenters. The second-order valence-electron chi connectivity index (χ2n) is 5.14. The summed E-state index contributed by atoms with van der Waals surface area (Å²) in [4.78, 5) is 0.895. The maximum absolute atomic E-state index is 12.8. The lowest BCUT2D eigenvalue weighted by atomic mass is 9.98. The zero-order chi connectivity index (χ0) is 15.8. The number of hydrogen-bond acceptors (Lipinski definition) is 3. The Hall–Kier alpha value is -0.950. The molecule has 0 bridgehead atoms. The number of nitrogens with zero attached hydrogens (tertiary/aromatic N) is 1. The first-order valence-corrected chi connectivity index (χ1v) is 8.36. The summed E-state index contributed by atoms with van der Waals surface area (Å²) in [5.74, 6) is 0.245. The molecule has 1 aromatic rings. The van der Waals surface area contributed by atoms with E-state index in [-0.39, 0.29) is 17.0 Å². The van der Waals surface area contributed by atoms with E-state index in [0.717, 1.165) is 6.07 Å². The van der Waals surface area contributed by atoms with Gasteiger partial charge in [0.05, 0.1) is 16.0 Å². The number of hydrogen-bond donors (Lipinski definition) is 0. The number of rotatable bonds is 2. The minimum Gasteiger partial charge on any atom is -0.369 e. The lowest BCUT2D eigenvalue weighted by molar-refractivity contribution is -0.0435. The van der Waals surface area contributed by atoms with Crippen molar-refractivity contribution in [2.24, 2.45) is 5.92 Å². The summed E-state index contributed by atoms with van der Waals surface area (Å²) in [7, 11) is -5.37. The molecule has 21 heavy (non-hydrogen) atoms. The maximum atomic E-state index is 12.8. The van der Waals surface area contributed by atoms with Gasteiger partial charge in [0.1, 0.15) is 0 Å². The van der Waals surface area contributed by atoms with E-state index in [1.54, 1.807) is 4.90 Å². The summed E-state index contributed by atoms with van der Waals surface area (Å²) < 4.78 is 61.7. The van der Waals surface area contributed by atoms with E-state index in [9.17, 15) is 21.6 Å². The van der Waals surface area contributed by atoms with Gasteiger partial charge in [0.15, 0.2) is 0 Å². The molecule has 1 aliphatic rings. The van der Waals surface area contributed by atoms with Gasteiger partial charge >= 0.3 is 5.51 Å². The van der Waals surface area contributed by atoms with Gasteiger partial charge in [-0.1, -0.05) is 19.1 Å². The first kappa shape index (κ1) is 16.4. The van der Waals surface area contributed by atoms with Crippen molar-refractivity contribution in [1.29, 1.82) is 0 Å². The normalized spacial score (nSPS) is 24.1. The van der Waals surface area contributed by atoms with Crippen LogP contribution in [0.3, 0.4) is 0 Å². The smallest absolute Gasteiger partial charge is 0.369 e. The Kier molecular flexibility index (Phi) is 4.44. The molecule has 118 valence electrons. The molecule has 1 aliphatic heterocycles. The maximum Gasteiger partial charge on any atom is 0.501 e. The van der Waals surface area contributed by atoms with Gasteiger partial charge in [0.2, 0.25) is 0 Å². The summed E-state index contributed by atoms with van der Waals surface area (Å²) in [5.41, 5.74) is -5.25. The van der Waals surface area contributed by atoms with E-state index in [1.807, 2.05) is 6.92 Å². The van der Waals surface area contributed by atoms with Crippen molar-refractivity contribution >= 4 is 27.1 Å². The largest absolute Gasteiger partial charge is 0.501 e. The van der Waals surface area contributed by atoms with Crippen LogP contribution in [-0.2, 0) is 9.84 Å². The molecule has 0 saturated carbocycles. The highest BCUT2D eigenvalue weighted by molar-refractivity contribution is 7.92. The molecule has 0 N–H and O–H groups in total. The summed E-state index contributed by atoms with van der Waals surface area (Å²) >= 11 is 6.15. The Bertz CT molecular complexity index is 618. The standard InChI is InChI=1S/C13H15ClF3NO2S/c1-9-6-7-18(8-10(9)14)11-4-2-3-5-12(11)21(19,20)13(15,16)17/h2-5,9-10H,6-8H2,1H3. The van der Waals surface area contributed by atoms with Crippen molar-refractivity contribution in [3.63, 3.8) is 0 Å². The van der Waals surface area contributed by atoms with Gasteiger partial charge < -0.3 is 4.90 Å². The number of benzene rings is 1. The monoisotopic (exact) mass is 341 g/mol. The van der Waals surface area contributed by atoms with Crippen LogP contribution in [0.5, 0.6) is 0 Å². The Morgan fingerprint density at radius 2 is 1.90 bits per heavy atom. The van der Waals surface area contributed by atoms with E-state index in [1.165, 1.54) is 18.2 Å². The minimum absolute atomic E-state index is 0.0624. The lowest BCUT2D eigenvalue weighted by Crippen LogP contribution is -2.41. The third kappa shape index (κ3) is 3.13. The molecule has 1 saturated heterocycles. The van der Waals surface area contributed by atoms with Gasteiger partial charge in [-0.2, -0.15) is 13.2 Å². The molecular weight excluding hydrogens is 327 g/mol. The van der Waals surface area contributed by atoms with E-state index in [2.05, 4.69) is 0 Å². The quantitative estimate of drug-likeness (QED) is 0.773. The molecule has 1 heterocycles. The third-order valence-electron chi connectivity index (χ3n) is 3.67. The van der Waals surface area contributed by atoms with Crippen LogP contribution in [-0.4, -0.2) is 32.4 Å². The number of halogens is 4. The number of anilines is 1. The highest BCUT2D eigenvalue weighted by Gasteiger charge is 2.48. The number of para-hydroxylation sites is 1. The molecule has 2 rings (SSSR count). The topological polar surface area (TPSA) is 37.4 Å². The Labute approximate surface area is 126 Å². The van der Waals surface area contributed by atoms with E-state index >= 15 is 0 Å². The zero-order valence-corrected chi connectivity index (χ0v) is 12.8. The van der Waals surface area contributed by atoms with Crippen LogP contribution in [0.25, 0.3) is 0 Å². The van der Waals surface area contributed by atoms with Gasteiger partial charge in [-0.3, -0.25) is 0 Å². The van der Waals surface area contributed by atoms with Gasteiger partial charge in [-0.25, -0.2) is 8.42 Å². The predicted octanol–water partition coefficient (Wildman–Crippen LogP) is 3.43. The Morgan fingerprint density at radius 1 is 1.29 bits per heavy atom. The van der Waals surface area contributed by atoms with Crippen molar-refractivity contribution < 1.29 is 21.6 Å². The summed E-state index contributed by atoms with van der Waals surface area (Å²) in [6, 6.07) is 5.18. The molecule has 2 atom stereocenters. The molecule has 8 heteroatoms. The van der Waals surface area contributed by atoms with Crippen LogP contribution in [0.15, 0.2) is 29.2 Å². The van der Waals surface area contributed by atoms with E-state index in [0.29, 0.717) is 19.5 Å². The van der Waals surface area contributed by atoms with Crippen LogP contribution in [0.4, 0.5) is 18.9 Å². The van der Waals surface area contributed by atoms with Crippen molar-refractivity contribution in [2.75, 3.05) is 18.0 Å². The fraction of sp³-hybridized carbons (Fsp3) is 0.538. The van der Waals surface area contributed by atoms with E-state index in [4.69, 9.17) is 11.6 Å². The average Bonchev–Trinajstić information content (AvgIpc) is 2.40. The van der Waals surface area contributed by atoms with Crippen molar-refractivity contribution in [1.82, 2.24) is 0 Å². The highest BCUT2D eigenvalue weighted by Crippen LogP contribution is 2.37. The number of piperidine rings is 1. The number of sulfone groups is 1. The summed E-state index contributed by atoms with van der Waals surface area (Å²) in [6.07, 6.45) is 0.703. The predicted molar refractivity (Wildman–Crippen MR) is 75.3 cm³/mol. The van der Waals surface area contributed by atoms with Gasteiger partial charge in [0, 0.05) is 13.1 Å². The second-order valence-corrected chi connectivity index (χ2v) is 7.62. The van der Waals surface area contributed by atoms with Crippen molar-refractivity contribution in [2.45, 2.75) is 29.1 Å². The van der Waals surface area contributed by atoms with Crippen molar-refractivity contribution in [3.05, 3.63) is 24.3 Å². The van der Waals surface area contributed by atoms with E-state index < -0.39 is 20.2 Å². The van der Waals surface area contributed by atoms with Crippen LogP contribution >= 0.6 is 11.6 Å². The van der Waals surface area contributed by atoms with Crippen LogP contribution in [0.1, 0.15) is 13.3 Å². The lowest BCUT2D eigenvalue weighted by Gasteiger charge is -2.36. The number of alkyl halides is 4. The fourth-order valence-corrected chi connectivity index (χ4v) is 3.58. The molecule has 0 amide bonds. The molecule has 0 radical (unpaired) electrons. The van der Waals surface area contributed by atoms with Gasteiger partial charge in [0.25, 0.3) is 9.84 Å². The van der Waals surface area contributed by atoms with Crippen LogP contribution in [0.2, 0.25) is 0 Å². The first-order valence-electron chi connectivity index (χ1n) is 6.44. The van der Waals surface area contributed by atoms with Gasteiger partial charge in [-0.05, 0) is 24.5 Å². The molecular formula is C13H15ClF3NO2S. The zero-order valence-electron chi connectivity index (χ0n) is 11.3. The Morgan fingerprint density at radius 3 is 2.48 bits per heavy atom. The van der Waals surface area contributed by atoms with Crippen molar-refractivity contribution in [3.8, 4) is 0 Å². The fourth-order valence-electron chi connectivity index (χ4n) is 2.31. The summed E-state index contributed by atoms with van der Waals surface area (Å²) in [5, 5.41) is -0.222. The molecule has 1 fully saturated rings. The molecule has 3 nitrogen and oxygen atoms in total. The molecule has 0 aromatic heterocycles. The minimum atomic E-state index is -5.37. The third-order valence-corrected chi connectivity index (χ3v) is 5.77. The molecule has 0 aliphatic carbocycles. The highest BCUT2D eigenvalue weighted by atomic mass is 35.5. The van der Waals surface area contributed by atoms with Crippen LogP contribution in [0, 0.1) is 5.92 Å². The average molecular weight is 342 g/mol. The summed E-state index contributed by atoms with van der Waals surface area (Å²) in [6.45, 7) is 2.77.